The van der Waals surface area contributed by atoms with Crippen LogP contribution in [0.5, 0.6) is 0 Å². The molecule has 1 heterocycles. The van der Waals surface area contributed by atoms with Crippen molar-refractivity contribution in [2.24, 2.45) is 17.6 Å². The first kappa shape index (κ1) is 16.9. The fraction of sp³-hybridized carbons (Fsp3) is 0.667. The highest BCUT2D eigenvalue weighted by molar-refractivity contribution is 5.94. The van der Waals surface area contributed by atoms with E-state index in [0.717, 1.165) is 31.5 Å². The van der Waals surface area contributed by atoms with Gasteiger partial charge < -0.3 is 16.0 Å². The zero-order valence-electron chi connectivity index (χ0n) is 15.1. The summed E-state index contributed by atoms with van der Waals surface area (Å²) in [5.74, 6) is 1.22. The highest BCUT2D eigenvalue weighted by Crippen LogP contribution is 2.39. The van der Waals surface area contributed by atoms with Crippen LogP contribution in [0.15, 0.2) is 24.3 Å². The predicted molar refractivity (Wildman–Crippen MR) is 102 cm³/mol. The first-order valence-corrected chi connectivity index (χ1v) is 10.1. The van der Waals surface area contributed by atoms with Crippen LogP contribution in [-0.2, 0) is 0 Å². The maximum Gasteiger partial charge on any atom is 0.251 e. The van der Waals surface area contributed by atoms with Crippen molar-refractivity contribution in [3.63, 3.8) is 0 Å². The Kier molecular flexibility index (Phi) is 4.98. The highest BCUT2D eigenvalue weighted by atomic mass is 16.1. The summed E-state index contributed by atoms with van der Waals surface area (Å²) in [5, 5.41) is 3.35. The fourth-order valence-corrected chi connectivity index (χ4v) is 5.24. The Morgan fingerprint density at radius 3 is 2.24 bits per heavy atom. The molecule has 4 heteroatoms. The Balaban J connectivity index is 1.41. The number of amides is 1. The summed E-state index contributed by atoms with van der Waals surface area (Å²) in [7, 11) is 0. The lowest BCUT2D eigenvalue weighted by molar-refractivity contribution is 0.0756. The van der Waals surface area contributed by atoms with Crippen molar-refractivity contribution in [2.75, 3.05) is 18.0 Å². The van der Waals surface area contributed by atoms with Gasteiger partial charge in [-0.15, -0.1) is 0 Å². The number of carbonyl (C=O) groups is 1. The molecule has 2 atom stereocenters. The van der Waals surface area contributed by atoms with E-state index in [2.05, 4.69) is 22.3 Å². The van der Waals surface area contributed by atoms with Gasteiger partial charge in [-0.3, -0.25) is 4.79 Å². The van der Waals surface area contributed by atoms with Crippen molar-refractivity contribution in [2.45, 2.75) is 63.5 Å². The van der Waals surface area contributed by atoms with E-state index in [0.29, 0.717) is 23.9 Å². The van der Waals surface area contributed by atoms with Crippen LogP contribution in [0.3, 0.4) is 0 Å². The smallest absolute Gasteiger partial charge is 0.251 e. The third-order valence-electron chi connectivity index (χ3n) is 6.53. The van der Waals surface area contributed by atoms with Crippen LogP contribution < -0.4 is 16.0 Å². The molecule has 3 aliphatic rings. The lowest BCUT2D eigenvalue weighted by Crippen LogP contribution is -2.53. The van der Waals surface area contributed by atoms with E-state index in [-0.39, 0.29) is 5.91 Å². The molecule has 1 aromatic rings. The van der Waals surface area contributed by atoms with Gasteiger partial charge in [0.25, 0.3) is 5.91 Å². The summed E-state index contributed by atoms with van der Waals surface area (Å²) in [4.78, 5) is 15.2. The van der Waals surface area contributed by atoms with Gasteiger partial charge in [0.2, 0.25) is 0 Å². The molecular weight excluding hydrogens is 310 g/mol. The van der Waals surface area contributed by atoms with E-state index in [9.17, 15) is 4.79 Å². The van der Waals surface area contributed by atoms with Gasteiger partial charge in [0.1, 0.15) is 0 Å². The third-order valence-corrected chi connectivity index (χ3v) is 6.53. The Labute approximate surface area is 151 Å². The molecule has 3 fully saturated rings. The summed E-state index contributed by atoms with van der Waals surface area (Å²) in [6, 6.07) is 8.85. The number of benzene rings is 1. The maximum absolute atomic E-state index is 12.8. The molecule has 2 saturated carbocycles. The van der Waals surface area contributed by atoms with Gasteiger partial charge in [0.05, 0.1) is 0 Å². The van der Waals surface area contributed by atoms with E-state index in [1.807, 2.05) is 12.1 Å². The van der Waals surface area contributed by atoms with Crippen LogP contribution in [0, 0.1) is 11.8 Å². The number of nitrogens with one attached hydrogen (secondary N) is 1. The first-order valence-electron chi connectivity index (χ1n) is 10.1. The van der Waals surface area contributed by atoms with Crippen molar-refractivity contribution >= 4 is 11.6 Å². The normalized spacial score (nSPS) is 32.3. The van der Waals surface area contributed by atoms with Crippen molar-refractivity contribution < 1.29 is 4.79 Å². The molecule has 1 aromatic carbocycles. The largest absolute Gasteiger partial charge is 0.372 e. The predicted octanol–water partition coefficient (Wildman–Crippen LogP) is 3.31. The first-order chi connectivity index (χ1) is 12.2. The van der Waals surface area contributed by atoms with Gasteiger partial charge in [-0.2, -0.15) is 0 Å². The van der Waals surface area contributed by atoms with Crippen molar-refractivity contribution in [3.8, 4) is 0 Å². The van der Waals surface area contributed by atoms with Crippen LogP contribution in [0.1, 0.15) is 61.7 Å². The maximum atomic E-state index is 12.8. The average molecular weight is 341 g/mol. The van der Waals surface area contributed by atoms with Crippen molar-refractivity contribution in [1.82, 2.24) is 5.32 Å². The minimum absolute atomic E-state index is 0.0857. The molecule has 4 rings (SSSR count). The van der Waals surface area contributed by atoms with Crippen LogP contribution in [0.25, 0.3) is 0 Å². The number of hydrogen-bond donors (Lipinski definition) is 2. The van der Waals surface area contributed by atoms with Gasteiger partial charge in [-0.05, 0) is 81.0 Å². The molecule has 0 radical (unpaired) electrons. The molecule has 4 nitrogen and oxygen atoms in total. The molecule has 2 bridgehead atoms. The standard InChI is InChI=1S/C21H31N3O/c22-18-13-16-5-4-6-17(14-18)20(16)23-21(25)15-7-9-19(10-8-15)24-11-2-1-3-12-24/h7-10,16-18,20H,1-6,11-14,22H2,(H,23,25). The van der Waals surface area contributed by atoms with Crippen molar-refractivity contribution in [1.29, 1.82) is 0 Å². The number of nitrogens with zero attached hydrogens (tertiary/aromatic N) is 1. The van der Waals surface area contributed by atoms with Gasteiger partial charge >= 0.3 is 0 Å². The molecule has 136 valence electrons. The fourth-order valence-electron chi connectivity index (χ4n) is 5.24. The molecule has 1 aliphatic heterocycles. The zero-order chi connectivity index (χ0) is 17.2. The lowest BCUT2D eigenvalue weighted by Gasteiger charge is -2.45. The Morgan fingerprint density at radius 2 is 1.60 bits per heavy atom. The van der Waals surface area contributed by atoms with Crippen LogP contribution in [-0.4, -0.2) is 31.1 Å². The Morgan fingerprint density at radius 1 is 0.960 bits per heavy atom. The summed E-state index contributed by atoms with van der Waals surface area (Å²) < 4.78 is 0. The number of fused-ring (bicyclic) bond motifs is 2. The van der Waals surface area contributed by atoms with Crippen LogP contribution in [0.4, 0.5) is 5.69 Å². The molecule has 1 saturated heterocycles. The molecule has 0 spiro atoms. The summed E-state index contributed by atoms with van der Waals surface area (Å²) in [5.41, 5.74) is 8.23. The quantitative estimate of drug-likeness (QED) is 0.887. The number of nitrogens with two attached hydrogens (primary N) is 1. The summed E-state index contributed by atoms with van der Waals surface area (Å²) >= 11 is 0. The van der Waals surface area contributed by atoms with E-state index in [1.165, 1.54) is 44.2 Å². The SMILES string of the molecule is NC1CC2CCCC(C1)C2NC(=O)c1ccc(N2CCCCC2)cc1. The van der Waals surface area contributed by atoms with Crippen LogP contribution in [0.2, 0.25) is 0 Å². The Bertz CT molecular complexity index is 580. The summed E-state index contributed by atoms with van der Waals surface area (Å²) in [6.07, 6.45) is 9.73. The molecule has 3 N–H and O–H groups in total. The van der Waals surface area contributed by atoms with Gasteiger partial charge in [-0.25, -0.2) is 0 Å². The monoisotopic (exact) mass is 341 g/mol. The molecular formula is C21H31N3O. The molecule has 0 aromatic heterocycles. The van der Waals surface area contributed by atoms with Gasteiger partial charge in [-0.1, -0.05) is 6.42 Å². The van der Waals surface area contributed by atoms with E-state index >= 15 is 0 Å². The average Bonchev–Trinajstić information content (AvgIpc) is 2.63. The molecule has 1 amide bonds. The molecule has 2 aliphatic carbocycles. The van der Waals surface area contributed by atoms with E-state index < -0.39 is 0 Å². The topological polar surface area (TPSA) is 58.4 Å². The van der Waals surface area contributed by atoms with E-state index in [4.69, 9.17) is 5.73 Å². The second-order valence-electron chi connectivity index (χ2n) is 8.28. The lowest BCUT2D eigenvalue weighted by atomic mass is 9.67. The second kappa shape index (κ2) is 7.36. The minimum Gasteiger partial charge on any atom is -0.372 e. The van der Waals surface area contributed by atoms with Gasteiger partial charge in [0, 0.05) is 36.4 Å². The highest BCUT2D eigenvalue weighted by Gasteiger charge is 2.39. The Hall–Kier alpha value is -1.55. The molecule has 2 unspecified atom stereocenters. The number of hydrogen-bond acceptors (Lipinski definition) is 3. The molecule has 25 heavy (non-hydrogen) atoms. The zero-order valence-corrected chi connectivity index (χ0v) is 15.1. The number of rotatable bonds is 3. The minimum atomic E-state index is 0.0857. The van der Waals surface area contributed by atoms with Crippen molar-refractivity contribution in [3.05, 3.63) is 29.8 Å². The third kappa shape index (κ3) is 3.69. The van der Waals surface area contributed by atoms with Crippen LogP contribution >= 0.6 is 0 Å². The van der Waals surface area contributed by atoms with E-state index in [1.54, 1.807) is 0 Å². The number of anilines is 1. The number of piperidine rings is 1. The number of carbonyl (C=O) groups excluding carboxylic acids is 1. The van der Waals surface area contributed by atoms with Gasteiger partial charge in [0.15, 0.2) is 0 Å². The summed E-state index contributed by atoms with van der Waals surface area (Å²) in [6.45, 7) is 2.27. The second-order valence-corrected chi connectivity index (χ2v) is 8.28.